The van der Waals surface area contributed by atoms with Gasteiger partial charge in [0.25, 0.3) is 0 Å². The molecule has 0 aliphatic carbocycles. The fourth-order valence-corrected chi connectivity index (χ4v) is 0. The molecule has 0 aliphatic heterocycles. The molecule has 0 spiro atoms. The average molecular weight is 148 g/mol. The standard InChI is InChI=1S/C2H6O.3H2O.Ti/c1-2-3;;;;/h3H,2H2,1H3;3*1H2;. The van der Waals surface area contributed by atoms with Crippen molar-refractivity contribution in [2.75, 3.05) is 6.61 Å². The van der Waals surface area contributed by atoms with E-state index in [4.69, 9.17) is 5.11 Å². The molecule has 0 amide bonds. The second-order valence-corrected chi connectivity index (χ2v) is 0.316. The van der Waals surface area contributed by atoms with Crippen LogP contribution in [0, 0.1) is 0 Å². The maximum Gasteiger partial charge on any atom is 0.0402 e. The molecular formula is C2H12O4Ti. The number of rotatable bonds is 0. The van der Waals surface area contributed by atoms with Gasteiger partial charge in [-0.05, 0) is 6.92 Å². The molecule has 0 aromatic carbocycles. The molecule has 0 aromatic heterocycles. The number of hydrogen-bond donors (Lipinski definition) is 1. The van der Waals surface area contributed by atoms with Gasteiger partial charge in [-0.15, -0.1) is 0 Å². The SMILES string of the molecule is CCO.O.O.O.[Ti]. The van der Waals surface area contributed by atoms with E-state index in [1.807, 2.05) is 0 Å². The minimum absolute atomic E-state index is 0. The Morgan fingerprint density at radius 1 is 1.14 bits per heavy atom. The molecule has 0 saturated heterocycles. The van der Waals surface area contributed by atoms with Crippen molar-refractivity contribution in [2.24, 2.45) is 0 Å². The van der Waals surface area contributed by atoms with Gasteiger partial charge in [0.15, 0.2) is 0 Å². The maximum atomic E-state index is 7.57. The van der Waals surface area contributed by atoms with Gasteiger partial charge in [-0.3, -0.25) is 0 Å². The molecule has 0 aromatic rings. The van der Waals surface area contributed by atoms with Crippen LogP contribution in [0.3, 0.4) is 0 Å². The largest absolute Gasteiger partial charge is 0.412 e. The van der Waals surface area contributed by atoms with Crippen LogP contribution in [0.2, 0.25) is 0 Å². The maximum absolute atomic E-state index is 7.57. The fraction of sp³-hybridized carbons (Fsp3) is 1.00. The Balaban J connectivity index is -0.00000000333. The van der Waals surface area contributed by atoms with Crippen LogP contribution in [0.15, 0.2) is 0 Å². The van der Waals surface area contributed by atoms with Gasteiger partial charge in [0.1, 0.15) is 0 Å². The minimum atomic E-state index is 0. The van der Waals surface area contributed by atoms with Gasteiger partial charge in [-0.1, -0.05) is 0 Å². The molecule has 0 fully saturated rings. The van der Waals surface area contributed by atoms with Gasteiger partial charge < -0.3 is 21.5 Å². The van der Waals surface area contributed by atoms with Gasteiger partial charge in [0, 0.05) is 28.3 Å². The summed E-state index contributed by atoms with van der Waals surface area (Å²) in [6.45, 7) is 1.93. The summed E-state index contributed by atoms with van der Waals surface area (Å²) in [5, 5.41) is 7.57. The van der Waals surface area contributed by atoms with E-state index in [9.17, 15) is 0 Å². The molecule has 0 unspecified atom stereocenters. The van der Waals surface area contributed by atoms with Crippen LogP contribution in [0.4, 0.5) is 0 Å². The van der Waals surface area contributed by atoms with E-state index in [1.165, 1.54) is 0 Å². The minimum Gasteiger partial charge on any atom is -0.412 e. The summed E-state index contributed by atoms with van der Waals surface area (Å²) in [6, 6.07) is 0. The first-order valence-corrected chi connectivity index (χ1v) is 1.02. The van der Waals surface area contributed by atoms with Crippen molar-refractivity contribution in [2.45, 2.75) is 6.92 Å². The summed E-state index contributed by atoms with van der Waals surface area (Å²) >= 11 is 0. The van der Waals surface area contributed by atoms with Crippen molar-refractivity contribution in [1.82, 2.24) is 0 Å². The normalized spacial score (nSPS) is 2.57. The first-order chi connectivity index (χ1) is 1.41. The zero-order chi connectivity index (χ0) is 2.71. The zero-order valence-electron chi connectivity index (χ0n) is 4.15. The smallest absolute Gasteiger partial charge is 0.0402 e. The van der Waals surface area contributed by atoms with E-state index in [0.29, 0.717) is 0 Å². The van der Waals surface area contributed by atoms with E-state index in [2.05, 4.69) is 0 Å². The molecule has 5 heteroatoms. The van der Waals surface area contributed by atoms with E-state index in [0.717, 1.165) is 0 Å². The van der Waals surface area contributed by atoms with E-state index in [1.54, 1.807) is 6.92 Å². The zero-order valence-corrected chi connectivity index (χ0v) is 5.72. The van der Waals surface area contributed by atoms with Crippen LogP contribution in [-0.4, -0.2) is 28.1 Å². The molecule has 48 valence electrons. The summed E-state index contributed by atoms with van der Waals surface area (Å²) in [6.07, 6.45) is 0. The molecule has 0 rings (SSSR count). The summed E-state index contributed by atoms with van der Waals surface area (Å²) in [5.41, 5.74) is 0. The molecular weight excluding hydrogens is 136 g/mol. The first-order valence-electron chi connectivity index (χ1n) is 1.02. The van der Waals surface area contributed by atoms with Crippen LogP contribution in [0.5, 0.6) is 0 Å². The predicted molar refractivity (Wildman–Crippen MR) is 23.6 cm³/mol. The third-order valence-corrected chi connectivity index (χ3v) is 0. The number of hydrogen-bond acceptors (Lipinski definition) is 1. The Bertz CT molecular complexity index is 9.65. The van der Waals surface area contributed by atoms with Gasteiger partial charge in [-0.2, -0.15) is 0 Å². The van der Waals surface area contributed by atoms with Crippen LogP contribution >= 0.6 is 0 Å². The molecule has 7 N–H and O–H groups in total. The Hall–Kier alpha value is 0.554. The average Bonchev–Trinajstić information content (AvgIpc) is 0.918. The molecule has 0 aliphatic rings. The molecule has 7 heavy (non-hydrogen) atoms. The van der Waals surface area contributed by atoms with Crippen molar-refractivity contribution in [1.29, 1.82) is 0 Å². The van der Waals surface area contributed by atoms with Gasteiger partial charge in [0.2, 0.25) is 0 Å². The van der Waals surface area contributed by atoms with Crippen LogP contribution in [0.25, 0.3) is 0 Å². The van der Waals surface area contributed by atoms with Crippen molar-refractivity contribution >= 4 is 0 Å². The van der Waals surface area contributed by atoms with Crippen molar-refractivity contribution in [3.63, 3.8) is 0 Å². The van der Waals surface area contributed by atoms with E-state index in [-0.39, 0.29) is 44.8 Å². The molecule has 0 bridgehead atoms. The van der Waals surface area contributed by atoms with Gasteiger partial charge in [0.05, 0.1) is 0 Å². The van der Waals surface area contributed by atoms with Crippen LogP contribution in [0.1, 0.15) is 6.92 Å². The second-order valence-electron chi connectivity index (χ2n) is 0.316. The number of aliphatic hydroxyl groups is 1. The molecule has 0 radical (unpaired) electrons. The second kappa shape index (κ2) is 83.7. The first kappa shape index (κ1) is 49.7. The number of aliphatic hydroxyl groups excluding tert-OH is 1. The van der Waals surface area contributed by atoms with E-state index >= 15 is 0 Å². The molecule has 4 nitrogen and oxygen atoms in total. The third-order valence-electron chi connectivity index (χ3n) is 0. The topological polar surface area (TPSA) is 115 Å². The Morgan fingerprint density at radius 2 is 1.14 bits per heavy atom. The van der Waals surface area contributed by atoms with Crippen molar-refractivity contribution in [3.8, 4) is 0 Å². The van der Waals surface area contributed by atoms with Gasteiger partial charge in [-0.25, -0.2) is 0 Å². The Kier molecular flexibility index (Phi) is 595. The Labute approximate surface area is 57.3 Å². The summed E-state index contributed by atoms with van der Waals surface area (Å²) < 4.78 is 0. The summed E-state index contributed by atoms with van der Waals surface area (Å²) in [5.74, 6) is 0. The summed E-state index contributed by atoms with van der Waals surface area (Å²) in [7, 11) is 0. The fourth-order valence-electron chi connectivity index (χ4n) is 0. The molecule has 0 atom stereocenters. The summed E-state index contributed by atoms with van der Waals surface area (Å²) in [4.78, 5) is 0. The quantitative estimate of drug-likeness (QED) is 0.376. The van der Waals surface area contributed by atoms with Crippen molar-refractivity contribution in [3.05, 3.63) is 0 Å². The monoisotopic (exact) mass is 148 g/mol. The van der Waals surface area contributed by atoms with Crippen LogP contribution < -0.4 is 0 Å². The third kappa shape index (κ3) is 442. The van der Waals surface area contributed by atoms with Crippen molar-refractivity contribution < 1.29 is 43.3 Å². The predicted octanol–water partition coefficient (Wildman–Crippen LogP) is -2.48. The van der Waals surface area contributed by atoms with E-state index < -0.39 is 0 Å². The molecule has 0 saturated carbocycles. The van der Waals surface area contributed by atoms with Crippen LogP contribution in [-0.2, 0) is 21.7 Å². The molecule has 0 heterocycles. The van der Waals surface area contributed by atoms with Gasteiger partial charge >= 0.3 is 0 Å². The Morgan fingerprint density at radius 3 is 1.14 bits per heavy atom.